The molecule has 1 aliphatic rings. The SMILES string of the molecule is CC(=O)O/N=C1\C(=O)N(Cc2cccc(C(F)(F)F)c2)c2ccc(Cl)cc21. The van der Waals surface area contributed by atoms with Crippen molar-refractivity contribution in [1.82, 2.24) is 0 Å². The van der Waals surface area contributed by atoms with Gasteiger partial charge in [0.25, 0.3) is 5.91 Å². The summed E-state index contributed by atoms with van der Waals surface area (Å²) in [5.41, 5.74) is 0.0766. The average Bonchev–Trinajstić information content (AvgIpc) is 2.83. The molecule has 0 bridgehead atoms. The largest absolute Gasteiger partial charge is 0.416 e. The first-order chi connectivity index (χ1) is 12.7. The minimum atomic E-state index is -4.49. The van der Waals surface area contributed by atoms with Gasteiger partial charge in [-0.2, -0.15) is 13.2 Å². The van der Waals surface area contributed by atoms with Gasteiger partial charge >= 0.3 is 12.1 Å². The number of carbonyl (C=O) groups is 2. The molecule has 1 amide bonds. The Balaban J connectivity index is 1.99. The first kappa shape index (κ1) is 18.9. The highest BCUT2D eigenvalue weighted by atomic mass is 35.5. The number of benzene rings is 2. The summed E-state index contributed by atoms with van der Waals surface area (Å²) in [5.74, 6) is -1.32. The summed E-state index contributed by atoms with van der Waals surface area (Å²) in [4.78, 5) is 29.5. The molecule has 0 N–H and O–H groups in total. The molecular formula is C18H12ClF3N2O3. The molecule has 1 heterocycles. The molecule has 0 aliphatic carbocycles. The van der Waals surface area contributed by atoms with Crippen LogP contribution in [0.5, 0.6) is 0 Å². The summed E-state index contributed by atoms with van der Waals surface area (Å²) in [6, 6.07) is 9.26. The predicted molar refractivity (Wildman–Crippen MR) is 92.4 cm³/mol. The summed E-state index contributed by atoms with van der Waals surface area (Å²) in [6.45, 7) is 1.01. The Morgan fingerprint density at radius 3 is 2.63 bits per heavy atom. The minimum absolute atomic E-state index is 0.115. The lowest BCUT2D eigenvalue weighted by Gasteiger charge is -2.18. The van der Waals surface area contributed by atoms with Gasteiger partial charge in [0.1, 0.15) is 0 Å². The molecule has 0 unspecified atom stereocenters. The number of alkyl halides is 3. The van der Waals surface area contributed by atoms with Crippen molar-refractivity contribution in [1.29, 1.82) is 0 Å². The maximum atomic E-state index is 12.9. The van der Waals surface area contributed by atoms with Crippen molar-refractivity contribution in [3.63, 3.8) is 0 Å². The van der Waals surface area contributed by atoms with Gasteiger partial charge in [-0.15, -0.1) is 0 Å². The molecular weight excluding hydrogens is 385 g/mol. The summed E-state index contributed by atoms with van der Waals surface area (Å²) in [5, 5.41) is 3.90. The number of oxime groups is 1. The van der Waals surface area contributed by atoms with Crippen LogP contribution in [-0.2, 0) is 27.1 Å². The standard InChI is InChI=1S/C18H12ClF3N2O3/c1-10(25)27-23-16-14-8-13(19)5-6-15(14)24(17(16)26)9-11-3-2-4-12(7-11)18(20,21)22/h2-8H,9H2,1H3/b23-16-. The number of fused-ring (bicyclic) bond motifs is 1. The molecule has 0 radical (unpaired) electrons. The zero-order valence-electron chi connectivity index (χ0n) is 13.9. The fourth-order valence-electron chi connectivity index (χ4n) is 2.67. The second-order valence-electron chi connectivity index (χ2n) is 5.77. The van der Waals surface area contributed by atoms with Crippen molar-refractivity contribution < 1.29 is 27.6 Å². The lowest BCUT2D eigenvalue weighted by atomic mass is 10.1. The summed E-state index contributed by atoms with van der Waals surface area (Å²) < 4.78 is 38.8. The molecule has 0 saturated heterocycles. The van der Waals surface area contributed by atoms with Gasteiger partial charge in [0.15, 0.2) is 5.71 Å². The molecule has 0 spiro atoms. The van der Waals surface area contributed by atoms with E-state index in [4.69, 9.17) is 11.6 Å². The minimum Gasteiger partial charge on any atom is -0.318 e. The number of hydrogen-bond donors (Lipinski definition) is 0. The van der Waals surface area contributed by atoms with Crippen LogP contribution in [-0.4, -0.2) is 17.6 Å². The van der Waals surface area contributed by atoms with Crippen molar-refractivity contribution in [2.45, 2.75) is 19.6 Å². The van der Waals surface area contributed by atoms with Crippen molar-refractivity contribution in [2.24, 2.45) is 5.16 Å². The van der Waals surface area contributed by atoms with E-state index in [9.17, 15) is 22.8 Å². The Morgan fingerprint density at radius 2 is 1.96 bits per heavy atom. The zero-order valence-corrected chi connectivity index (χ0v) is 14.6. The van der Waals surface area contributed by atoms with Gasteiger partial charge in [0.05, 0.1) is 17.8 Å². The maximum Gasteiger partial charge on any atom is 0.416 e. The van der Waals surface area contributed by atoms with Crippen LogP contribution >= 0.6 is 11.6 Å². The third-order valence-corrected chi connectivity index (χ3v) is 4.05. The van der Waals surface area contributed by atoms with Crippen LogP contribution in [0.4, 0.5) is 18.9 Å². The van der Waals surface area contributed by atoms with Crippen molar-refractivity contribution in [3.05, 3.63) is 64.2 Å². The van der Waals surface area contributed by atoms with Crippen molar-refractivity contribution >= 4 is 34.9 Å². The van der Waals surface area contributed by atoms with Crippen LogP contribution in [0.15, 0.2) is 47.6 Å². The third kappa shape index (κ3) is 3.95. The van der Waals surface area contributed by atoms with Crippen molar-refractivity contribution in [3.8, 4) is 0 Å². The van der Waals surface area contributed by atoms with E-state index in [1.54, 1.807) is 12.1 Å². The van der Waals surface area contributed by atoms with Gasteiger partial charge in [0, 0.05) is 17.5 Å². The number of nitrogens with zero attached hydrogens (tertiary/aromatic N) is 2. The Hall–Kier alpha value is -2.87. The predicted octanol–water partition coefficient (Wildman–Crippen LogP) is 4.17. The molecule has 0 aromatic heterocycles. The van der Waals surface area contributed by atoms with E-state index in [-0.39, 0.29) is 17.8 Å². The van der Waals surface area contributed by atoms with E-state index in [1.807, 2.05) is 0 Å². The second-order valence-corrected chi connectivity index (χ2v) is 6.21. The lowest BCUT2D eigenvalue weighted by Crippen LogP contribution is -2.30. The van der Waals surface area contributed by atoms with Gasteiger partial charge in [-0.05, 0) is 35.9 Å². The summed E-state index contributed by atoms with van der Waals surface area (Å²) in [6.07, 6.45) is -4.49. The van der Waals surface area contributed by atoms with Gasteiger partial charge in [-0.3, -0.25) is 4.79 Å². The zero-order chi connectivity index (χ0) is 19.8. The van der Waals surface area contributed by atoms with Crippen LogP contribution in [0, 0.1) is 0 Å². The molecule has 3 rings (SSSR count). The summed E-state index contributed by atoms with van der Waals surface area (Å²) >= 11 is 5.96. The normalized spacial score (nSPS) is 15.2. The Kier molecular flexibility index (Phi) is 4.93. The van der Waals surface area contributed by atoms with Crippen LogP contribution in [0.2, 0.25) is 5.02 Å². The van der Waals surface area contributed by atoms with E-state index < -0.39 is 23.6 Å². The first-order valence-corrected chi connectivity index (χ1v) is 8.08. The molecule has 2 aromatic carbocycles. The highest BCUT2D eigenvalue weighted by molar-refractivity contribution is 6.54. The van der Waals surface area contributed by atoms with E-state index in [0.29, 0.717) is 16.3 Å². The fourth-order valence-corrected chi connectivity index (χ4v) is 2.84. The Morgan fingerprint density at radius 1 is 1.22 bits per heavy atom. The maximum absolute atomic E-state index is 12.9. The van der Waals surface area contributed by atoms with Gasteiger partial charge in [0.2, 0.25) is 0 Å². The number of rotatable bonds is 3. The first-order valence-electron chi connectivity index (χ1n) is 7.70. The van der Waals surface area contributed by atoms with Crippen LogP contribution < -0.4 is 4.90 Å². The molecule has 2 aromatic rings. The number of anilines is 1. The second kappa shape index (κ2) is 7.03. The molecule has 0 saturated carbocycles. The topological polar surface area (TPSA) is 59.0 Å². The number of amides is 1. The molecule has 0 fully saturated rings. The highest BCUT2D eigenvalue weighted by Crippen LogP contribution is 2.34. The van der Waals surface area contributed by atoms with Crippen LogP contribution in [0.3, 0.4) is 0 Å². The van der Waals surface area contributed by atoms with E-state index >= 15 is 0 Å². The Bertz CT molecular complexity index is 957. The van der Waals surface area contributed by atoms with Crippen LogP contribution in [0.25, 0.3) is 0 Å². The van der Waals surface area contributed by atoms with Gasteiger partial charge < -0.3 is 9.74 Å². The molecule has 1 aliphatic heterocycles. The molecule has 27 heavy (non-hydrogen) atoms. The molecule has 9 heteroatoms. The van der Waals surface area contributed by atoms with Gasteiger partial charge in [-0.25, -0.2) is 4.79 Å². The number of hydrogen-bond acceptors (Lipinski definition) is 4. The van der Waals surface area contributed by atoms with Crippen LogP contribution in [0.1, 0.15) is 23.6 Å². The highest BCUT2D eigenvalue weighted by Gasteiger charge is 2.36. The molecule has 5 nitrogen and oxygen atoms in total. The monoisotopic (exact) mass is 396 g/mol. The fraction of sp³-hybridized carbons (Fsp3) is 0.167. The molecule has 0 atom stereocenters. The molecule has 140 valence electrons. The van der Waals surface area contributed by atoms with E-state index in [0.717, 1.165) is 19.1 Å². The smallest absolute Gasteiger partial charge is 0.318 e. The third-order valence-electron chi connectivity index (χ3n) is 3.81. The quantitative estimate of drug-likeness (QED) is 0.578. The number of halogens is 4. The van der Waals surface area contributed by atoms with Gasteiger partial charge in [-0.1, -0.05) is 28.9 Å². The van der Waals surface area contributed by atoms with Crippen molar-refractivity contribution in [2.75, 3.05) is 4.90 Å². The number of carbonyl (C=O) groups excluding carboxylic acids is 2. The summed E-state index contributed by atoms with van der Waals surface area (Å²) in [7, 11) is 0. The Labute approximate surface area is 157 Å². The van der Waals surface area contributed by atoms with E-state index in [1.165, 1.54) is 23.1 Å². The lowest BCUT2D eigenvalue weighted by molar-refractivity contribution is -0.141. The average molecular weight is 397 g/mol. The van der Waals surface area contributed by atoms with E-state index in [2.05, 4.69) is 9.99 Å².